The van der Waals surface area contributed by atoms with Gasteiger partial charge in [0, 0.05) is 7.11 Å². The zero-order valence-corrected chi connectivity index (χ0v) is 14.3. The highest BCUT2D eigenvalue weighted by molar-refractivity contribution is 5.94. The highest BCUT2D eigenvalue weighted by Crippen LogP contribution is 2.22. The van der Waals surface area contributed by atoms with Gasteiger partial charge < -0.3 is 14.8 Å². The molecule has 2 rings (SSSR count). The van der Waals surface area contributed by atoms with Gasteiger partial charge in [0.05, 0.1) is 22.8 Å². The van der Waals surface area contributed by atoms with E-state index in [9.17, 15) is 9.59 Å². The van der Waals surface area contributed by atoms with E-state index in [0.717, 1.165) is 16.9 Å². The number of nitrogens with zero attached hydrogens (tertiary/aromatic N) is 2. The van der Waals surface area contributed by atoms with Gasteiger partial charge >= 0.3 is 5.97 Å². The van der Waals surface area contributed by atoms with Crippen LogP contribution in [0.1, 0.15) is 17.0 Å². The summed E-state index contributed by atoms with van der Waals surface area (Å²) in [6.07, 6.45) is 0. The van der Waals surface area contributed by atoms with E-state index in [1.807, 2.05) is 45.0 Å². The summed E-state index contributed by atoms with van der Waals surface area (Å²) in [6, 6.07) is 7.93. The van der Waals surface area contributed by atoms with Crippen molar-refractivity contribution in [2.75, 3.05) is 25.6 Å². The monoisotopic (exact) mass is 331 g/mol. The number of amides is 1. The van der Waals surface area contributed by atoms with Crippen LogP contribution in [0.4, 0.5) is 5.69 Å². The first-order valence-electron chi connectivity index (χ1n) is 7.50. The number of hydrogen-bond donors (Lipinski definition) is 1. The molecular weight excluding hydrogens is 310 g/mol. The molecule has 7 heteroatoms. The summed E-state index contributed by atoms with van der Waals surface area (Å²) >= 11 is 0. The van der Waals surface area contributed by atoms with Crippen molar-refractivity contribution in [1.29, 1.82) is 0 Å². The molecule has 24 heavy (non-hydrogen) atoms. The molecule has 0 saturated heterocycles. The smallest absolute Gasteiger partial charge is 0.332 e. The minimum absolute atomic E-state index is 0.184. The van der Waals surface area contributed by atoms with Crippen LogP contribution in [0.15, 0.2) is 24.3 Å². The van der Waals surface area contributed by atoms with Crippen molar-refractivity contribution in [3.8, 4) is 5.69 Å². The van der Waals surface area contributed by atoms with Crippen LogP contribution in [0, 0.1) is 20.8 Å². The van der Waals surface area contributed by atoms with E-state index in [1.165, 1.54) is 7.11 Å². The first-order valence-corrected chi connectivity index (χ1v) is 7.50. The Balaban J connectivity index is 2.10. The van der Waals surface area contributed by atoms with Gasteiger partial charge in [-0.05, 0) is 32.9 Å². The lowest BCUT2D eigenvalue weighted by molar-refractivity contribution is -0.150. The molecule has 0 aliphatic rings. The van der Waals surface area contributed by atoms with E-state index in [-0.39, 0.29) is 13.2 Å². The molecule has 0 fully saturated rings. The molecule has 0 atom stereocenters. The number of aryl methyl sites for hydroxylation is 2. The molecule has 128 valence electrons. The molecule has 0 radical (unpaired) electrons. The first-order chi connectivity index (χ1) is 11.4. The lowest BCUT2D eigenvalue weighted by atomic mass is 10.2. The first kappa shape index (κ1) is 17.7. The molecule has 0 spiro atoms. The highest BCUT2D eigenvalue weighted by Gasteiger charge is 2.16. The van der Waals surface area contributed by atoms with Crippen molar-refractivity contribution < 1.29 is 19.1 Å². The van der Waals surface area contributed by atoms with E-state index in [0.29, 0.717) is 11.4 Å². The third-order valence-electron chi connectivity index (χ3n) is 3.46. The Hall–Kier alpha value is -2.67. The molecular formula is C17H21N3O4. The van der Waals surface area contributed by atoms with Gasteiger partial charge in [0.1, 0.15) is 6.61 Å². The number of esters is 1. The predicted octanol–water partition coefficient (Wildman–Crippen LogP) is 1.93. The molecule has 0 aliphatic heterocycles. The van der Waals surface area contributed by atoms with Crippen molar-refractivity contribution in [2.45, 2.75) is 20.8 Å². The lowest BCUT2D eigenvalue weighted by Gasteiger charge is -2.08. The molecule has 7 nitrogen and oxygen atoms in total. The van der Waals surface area contributed by atoms with Gasteiger partial charge in [0.25, 0.3) is 5.91 Å². The van der Waals surface area contributed by atoms with Crippen molar-refractivity contribution >= 4 is 17.6 Å². The maximum Gasteiger partial charge on any atom is 0.332 e. The van der Waals surface area contributed by atoms with E-state index in [4.69, 9.17) is 4.74 Å². The summed E-state index contributed by atoms with van der Waals surface area (Å²) in [5.74, 6) is -1.01. The predicted molar refractivity (Wildman–Crippen MR) is 89.2 cm³/mol. The SMILES string of the molecule is COCC(=O)OCC(=O)Nc1c(C)nn(-c2ccc(C)cc2)c1C. The van der Waals surface area contributed by atoms with Crippen LogP contribution in [0.3, 0.4) is 0 Å². The largest absolute Gasteiger partial charge is 0.454 e. The van der Waals surface area contributed by atoms with Crippen LogP contribution in [0.5, 0.6) is 0 Å². The van der Waals surface area contributed by atoms with Gasteiger partial charge in [-0.3, -0.25) is 4.79 Å². The second kappa shape index (κ2) is 7.74. The van der Waals surface area contributed by atoms with Crippen LogP contribution in [0.25, 0.3) is 5.69 Å². The summed E-state index contributed by atoms with van der Waals surface area (Å²) in [5, 5.41) is 7.20. The number of benzene rings is 1. The Labute approximate surface area is 140 Å². The van der Waals surface area contributed by atoms with E-state index < -0.39 is 11.9 Å². The van der Waals surface area contributed by atoms with Crippen molar-refractivity contribution in [2.24, 2.45) is 0 Å². The zero-order valence-electron chi connectivity index (χ0n) is 14.3. The number of hydrogen-bond acceptors (Lipinski definition) is 5. The summed E-state index contributed by atoms with van der Waals surface area (Å²) in [5.41, 5.74) is 4.17. The summed E-state index contributed by atoms with van der Waals surface area (Å²) in [6.45, 7) is 5.14. The fourth-order valence-corrected chi connectivity index (χ4v) is 2.24. The van der Waals surface area contributed by atoms with Crippen LogP contribution < -0.4 is 5.32 Å². The minimum atomic E-state index is -0.587. The fraction of sp³-hybridized carbons (Fsp3) is 0.353. The molecule has 2 aromatic rings. The number of carbonyl (C=O) groups is 2. The summed E-state index contributed by atoms with van der Waals surface area (Å²) in [7, 11) is 1.38. The normalized spacial score (nSPS) is 10.5. The Morgan fingerprint density at radius 3 is 2.42 bits per heavy atom. The average Bonchev–Trinajstić information content (AvgIpc) is 2.82. The van der Waals surface area contributed by atoms with Crippen molar-refractivity contribution in [3.05, 3.63) is 41.2 Å². The Bertz CT molecular complexity index is 735. The molecule has 1 heterocycles. The van der Waals surface area contributed by atoms with Crippen LogP contribution in [-0.2, 0) is 19.1 Å². The van der Waals surface area contributed by atoms with Crippen molar-refractivity contribution in [1.82, 2.24) is 9.78 Å². The third kappa shape index (κ3) is 4.20. The summed E-state index contributed by atoms with van der Waals surface area (Å²) < 4.78 is 11.2. The van der Waals surface area contributed by atoms with Gasteiger partial charge in [-0.15, -0.1) is 0 Å². The number of nitrogens with one attached hydrogen (secondary N) is 1. The fourth-order valence-electron chi connectivity index (χ4n) is 2.24. The zero-order chi connectivity index (χ0) is 17.7. The number of carbonyl (C=O) groups excluding carboxylic acids is 2. The maximum atomic E-state index is 11.9. The molecule has 0 saturated carbocycles. The van der Waals surface area contributed by atoms with Crippen LogP contribution in [0.2, 0.25) is 0 Å². The number of ether oxygens (including phenoxy) is 2. The van der Waals surface area contributed by atoms with Crippen LogP contribution in [-0.4, -0.2) is 42.0 Å². The molecule has 1 N–H and O–H groups in total. The van der Waals surface area contributed by atoms with E-state index >= 15 is 0 Å². The second-order valence-corrected chi connectivity index (χ2v) is 5.44. The third-order valence-corrected chi connectivity index (χ3v) is 3.46. The standard InChI is InChI=1S/C17H21N3O4/c1-11-5-7-14(8-6-11)20-13(3)17(12(2)19-20)18-15(21)9-24-16(22)10-23-4/h5-8H,9-10H2,1-4H3,(H,18,21). The number of aromatic nitrogens is 2. The maximum absolute atomic E-state index is 11.9. The number of rotatable bonds is 6. The average molecular weight is 331 g/mol. The van der Waals surface area contributed by atoms with E-state index in [2.05, 4.69) is 15.2 Å². The van der Waals surface area contributed by atoms with Gasteiger partial charge in [-0.1, -0.05) is 17.7 Å². The molecule has 1 aromatic heterocycles. The van der Waals surface area contributed by atoms with Crippen LogP contribution >= 0.6 is 0 Å². The molecule has 0 aliphatic carbocycles. The minimum Gasteiger partial charge on any atom is -0.454 e. The highest BCUT2D eigenvalue weighted by atomic mass is 16.6. The Kier molecular flexibility index (Phi) is 5.70. The Morgan fingerprint density at radius 2 is 1.79 bits per heavy atom. The number of methoxy groups -OCH3 is 1. The van der Waals surface area contributed by atoms with E-state index in [1.54, 1.807) is 4.68 Å². The van der Waals surface area contributed by atoms with Gasteiger partial charge in [-0.25, -0.2) is 9.48 Å². The Morgan fingerprint density at radius 1 is 1.12 bits per heavy atom. The van der Waals surface area contributed by atoms with Crippen molar-refractivity contribution in [3.63, 3.8) is 0 Å². The molecule has 1 amide bonds. The van der Waals surface area contributed by atoms with Gasteiger partial charge in [0.15, 0.2) is 6.61 Å². The molecule has 1 aromatic carbocycles. The van der Waals surface area contributed by atoms with Gasteiger partial charge in [0.2, 0.25) is 0 Å². The van der Waals surface area contributed by atoms with Gasteiger partial charge in [-0.2, -0.15) is 5.10 Å². The number of anilines is 1. The lowest BCUT2D eigenvalue weighted by Crippen LogP contribution is -2.23. The molecule has 0 bridgehead atoms. The molecule has 0 unspecified atom stereocenters. The topological polar surface area (TPSA) is 82.4 Å². The summed E-state index contributed by atoms with van der Waals surface area (Å²) in [4.78, 5) is 23.2. The second-order valence-electron chi connectivity index (χ2n) is 5.44. The quantitative estimate of drug-likeness (QED) is 0.818.